The van der Waals surface area contributed by atoms with E-state index < -0.39 is 11.9 Å². The number of rotatable bonds is 7. The number of aliphatic hydroxyl groups is 1. The lowest BCUT2D eigenvalue weighted by molar-refractivity contribution is -0.129. The molecule has 0 aromatic heterocycles. The van der Waals surface area contributed by atoms with Crippen LogP contribution >= 0.6 is 0 Å². The molecule has 5 nitrogen and oxygen atoms in total. The normalized spacial score (nSPS) is 15.9. The number of hydrogen-bond donors (Lipinski definition) is 1. The highest BCUT2D eigenvalue weighted by Gasteiger charge is 2.40. The van der Waals surface area contributed by atoms with Gasteiger partial charge in [0.1, 0.15) is 5.82 Å². The van der Waals surface area contributed by atoms with Crippen molar-refractivity contribution in [2.24, 2.45) is 0 Å². The molecule has 1 heterocycles. The van der Waals surface area contributed by atoms with Crippen LogP contribution in [0.2, 0.25) is 0 Å². The molecule has 164 valence electrons. The Morgan fingerprint density at radius 1 is 0.938 bits per heavy atom. The molecule has 6 heteroatoms. The summed E-state index contributed by atoms with van der Waals surface area (Å²) in [5.41, 5.74) is 2.86. The molecule has 1 N–H and O–H groups in total. The number of ether oxygens (including phenoxy) is 2. The first-order valence-corrected chi connectivity index (χ1v) is 10.3. The highest BCUT2D eigenvalue weighted by Crippen LogP contribution is 2.43. The predicted octanol–water partition coefficient (Wildman–Crippen LogP) is 4.94. The highest BCUT2D eigenvalue weighted by molar-refractivity contribution is 6.05. The lowest BCUT2D eigenvalue weighted by atomic mass is 9.93. The molecule has 0 unspecified atom stereocenters. The first-order valence-electron chi connectivity index (χ1n) is 10.3. The Balaban J connectivity index is 1.71. The lowest BCUT2D eigenvalue weighted by Gasteiger charge is -2.28. The van der Waals surface area contributed by atoms with Crippen LogP contribution < -0.4 is 9.47 Å². The van der Waals surface area contributed by atoms with Gasteiger partial charge in [-0.1, -0.05) is 54.6 Å². The molecule has 0 fully saturated rings. The van der Waals surface area contributed by atoms with Crippen LogP contribution in [0.3, 0.4) is 0 Å². The molecule has 0 aliphatic carbocycles. The van der Waals surface area contributed by atoms with Gasteiger partial charge in [0, 0.05) is 12.1 Å². The summed E-state index contributed by atoms with van der Waals surface area (Å²) in [4.78, 5) is 14.7. The molecule has 1 atom stereocenters. The van der Waals surface area contributed by atoms with Gasteiger partial charge < -0.3 is 19.5 Å². The fraction of sp³-hybridized carbons (Fsp3) is 0.192. The van der Waals surface area contributed by atoms with Gasteiger partial charge in [0.05, 0.1) is 20.3 Å². The number of hydrogen-bond acceptors (Lipinski definition) is 4. The van der Waals surface area contributed by atoms with Crippen LogP contribution in [0.25, 0.3) is 5.57 Å². The number of methoxy groups -OCH3 is 2. The van der Waals surface area contributed by atoms with E-state index in [1.165, 1.54) is 12.1 Å². The molecule has 0 saturated heterocycles. The Morgan fingerprint density at radius 2 is 1.66 bits per heavy atom. The van der Waals surface area contributed by atoms with E-state index in [-0.39, 0.29) is 11.6 Å². The minimum Gasteiger partial charge on any atom is -0.503 e. The van der Waals surface area contributed by atoms with E-state index in [1.807, 2.05) is 48.5 Å². The van der Waals surface area contributed by atoms with E-state index >= 15 is 0 Å². The maximum Gasteiger partial charge on any atom is 0.289 e. The van der Waals surface area contributed by atoms with Gasteiger partial charge in [0.25, 0.3) is 5.91 Å². The second kappa shape index (κ2) is 9.14. The van der Waals surface area contributed by atoms with Crippen molar-refractivity contribution in [1.82, 2.24) is 4.90 Å². The Hall–Kier alpha value is -3.80. The summed E-state index contributed by atoms with van der Waals surface area (Å²) >= 11 is 0. The number of nitrogens with zero attached hydrogens (tertiary/aromatic N) is 1. The van der Waals surface area contributed by atoms with Gasteiger partial charge in [-0.3, -0.25) is 4.79 Å². The number of carbonyl (C=O) groups excluding carboxylic acids is 1. The first-order chi connectivity index (χ1) is 15.5. The van der Waals surface area contributed by atoms with Crippen LogP contribution in [-0.2, 0) is 11.2 Å². The number of carbonyl (C=O) groups is 1. The third-order valence-electron chi connectivity index (χ3n) is 5.68. The van der Waals surface area contributed by atoms with E-state index in [1.54, 1.807) is 31.3 Å². The van der Waals surface area contributed by atoms with Gasteiger partial charge in [0.15, 0.2) is 17.3 Å². The van der Waals surface area contributed by atoms with Gasteiger partial charge >= 0.3 is 0 Å². The van der Waals surface area contributed by atoms with Crippen LogP contribution in [0.1, 0.15) is 22.7 Å². The van der Waals surface area contributed by atoms with Crippen LogP contribution in [0.4, 0.5) is 4.39 Å². The minimum atomic E-state index is -0.540. The summed E-state index contributed by atoms with van der Waals surface area (Å²) < 4.78 is 24.5. The van der Waals surface area contributed by atoms with Gasteiger partial charge in [-0.15, -0.1) is 0 Å². The third-order valence-corrected chi connectivity index (χ3v) is 5.68. The molecule has 0 spiro atoms. The quantitative estimate of drug-likeness (QED) is 0.574. The fourth-order valence-electron chi connectivity index (χ4n) is 4.18. The molecule has 0 saturated carbocycles. The van der Waals surface area contributed by atoms with Crippen LogP contribution in [0.5, 0.6) is 11.5 Å². The zero-order chi connectivity index (χ0) is 22.7. The van der Waals surface area contributed by atoms with E-state index in [0.717, 1.165) is 16.7 Å². The Labute approximate surface area is 186 Å². The van der Waals surface area contributed by atoms with Crippen molar-refractivity contribution in [2.45, 2.75) is 12.5 Å². The van der Waals surface area contributed by atoms with Crippen molar-refractivity contribution in [2.75, 3.05) is 20.8 Å². The maximum atomic E-state index is 13.6. The van der Waals surface area contributed by atoms with Crippen molar-refractivity contribution < 1.29 is 23.8 Å². The van der Waals surface area contributed by atoms with Crippen molar-refractivity contribution in [1.29, 1.82) is 0 Å². The first kappa shape index (κ1) is 21.4. The number of para-hydroxylation sites is 1. The molecular formula is C26H24FNO4. The number of benzene rings is 3. The van der Waals surface area contributed by atoms with Gasteiger partial charge in [-0.25, -0.2) is 4.39 Å². The average molecular weight is 433 g/mol. The molecule has 3 aromatic rings. The molecule has 0 radical (unpaired) electrons. The van der Waals surface area contributed by atoms with E-state index in [2.05, 4.69) is 0 Å². The van der Waals surface area contributed by atoms with Gasteiger partial charge in [0.2, 0.25) is 0 Å². The van der Waals surface area contributed by atoms with Crippen molar-refractivity contribution in [3.63, 3.8) is 0 Å². The van der Waals surface area contributed by atoms with Gasteiger partial charge in [-0.2, -0.15) is 0 Å². The second-order valence-electron chi connectivity index (χ2n) is 7.48. The van der Waals surface area contributed by atoms with Crippen LogP contribution in [0, 0.1) is 5.82 Å². The second-order valence-corrected chi connectivity index (χ2v) is 7.48. The van der Waals surface area contributed by atoms with Crippen molar-refractivity contribution in [3.05, 3.63) is 101 Å². The summed E-state index contributed by atoms with van der Waals surface area (Å²) in [7, 11) is 3.15. The summed E-state index contributed by atoms with van der Waals surface area (Å²) in [5, 5.41) is 10.8. The zero-order valence-electron chi connectivity index (χ0n) is 17.9. The third kappa shape index (κ3) is 3.91. The zero-order valence-corrected chi connectivity index (χ0v) is 17.9. The largest absolute Gasteiger partial charge is 0.503 e. The highest BCUT2D eigenvalue weighted by atomic mass is 19.1. The molecule has 4 rings (SSSR count). The van der Waals surface area contributed by atoms with Crippen molar-refractivity contribution in [3.8, 4) is 11.5 Å². The minimum absolute atomic E-state index is 0.289. The number of halogens is 1. The Kier molecular flexibility index (Phi) is 6.12. The van der Waals surface area contributed by atoms with Gasteiger partial charge in [-0.05, 0) is 41.3 Å². The Morgan fingerprint density at radius 3 is 2.31 bits per heavy atom. The van der Waals surface area contributed by atoms with Crippen molar-refractivity contribution >= 4 is 11.5 Å². The summed E-state index contributed by atoms with van der Waals surface area (Å²) in [6.07, 6.45) is 0.485. The molecule has 1 amide bonds. The van der Waals surface area contributed by atoms with E-state index in [0.29, 0.717) is 30.0 Å². The van der Waals surface area contributed by atoms with E-state index in [4.69, 9.17) is 9.47 Å². The van der Waals surface area contributed by atoms with Crippen LogP contribution in [0.15, 0.2) is 78.6 Å². The summed E-state index contributed by atoms with van der Waals surface area (Å²) in [6, 6.07) is 20.4. The summed E-state index contributed by atoms with van der Waals surface area (Å²) in [6.45, 7) is 0.324. The lowest BCUT2D eigenvalue weighted by Crippen LogP contribution is -2.32. The molecule has 0 bridgehead atoms. The molecule has 1 aliphatic rings. The summed E-state index contributed by atoms with van der Waals surface area (Å²) in [5.74, 6) is 0.114. The molecule has 1 aliphatic heterocycles. The molecule has 3 aromatic carbocycles. The number of amides is 1. The maximum absolute atomic E-state index is 13.6. The SMILES string of the molecule is COc1cccc(CCN2C(=O)C(O)=C(c3ccccc3)[C@@H]2c2ccc(F)cc2)c1OC. The molecule has 32 heavy (non-hydrogen) atoms. The topological polar surface area (TPSA) is 59.0 Å². The number of aliphatic hydroxyl groups excluding tert-OH is 1. The van der Waals surface area contributed by atoms with Crippen LogP contribution in [-0.4, -0.2) is 36.7 Å². The fourth-order valence-corrected chi connectivity index (χ4v) is 4.18. The Bertz CT molecular complexity index is 1140. The monoisotopic (exact) mass is 433 g/mol. The van der Waals surface area contributed by atoms with E-state index in [9.17, 15) is 14.3 Å². The predicted molar refractivity (Wildman–Crippen MR) is 120 cm³/mol. The average Bonchev–Trinajstić information content (AvgIpc) is 3.08. The smallest absolute Gasteiger partial charge is 0.289 e. The standard InChI is InChI=1S/C26H24FNO4/c1-31-21-10-6-9-19(25(21)32-2)15-16-28-23(18-11-13-20(27)14-12-18)22(24(29)26(28)30)17-7-4-3-5-8-17/h3-14,23,29H,15-16H2,1-2H3/t23-/m0/s1. The molecular weight excluding hydrogens is 409 g/mol.